The molecule has 3 fully saturated rings. The molecule has 1 aromatic heterocycles. The van der Waals surface area contributed by atoms with Gasteiger partial charge in [-0.05, 0) is 25.0 Å². The summed E-state index contributed by atoms with van der Waals surface area (Å²) in [5, 5.41) is 9.25. The van der Waals surface area contributed by atoms with E-state index in [0.717, 1.165) is 12.8 Å². The van der Waals surface area contributed by atoms with E-state index in [1.165, 1.54) is 12.8 Å². The van der Waals surface area contributed by atoms with Crippen molar-refractivity contribution in [2.75, 3.05) is 37.6 Å². The van der Waals surface area contributed by atoms with Crippen LogP contribution in [0.25, 0.3) is 0 Å². The van der Waals surface area contributed by atoms with Crippen molar-refractivity contribution in [1.29, 1.82) is 5.26 Å². The fourth-order valence-electron chi connectivity index (χ4n) is 4.60. The molecule has 1 saturated carbocycles. The quantitative estimate of drug-likeness (QED) is 0.807. The summed E-state index contributed by atoms with van der Waals surface area (Å²) >= 11 is 0. The Bertz CT molecular complexity index is 760. The van der Waals surface area contributed by atoms with Crippen molar-refractivity contribution in [2.45, 2.75) is 38.1 Å². The summed E-state index contributed by atoms with van der Waals surface area (Å²) in [6, 6.07) is 6.05. The maximum absolute atomic E-state index is 12.9. The van der Waals surface area contributed by atoms with Gasteiger partial charge in [0.1, 0.15) is 11.9 Å². The molecule has 2 saturated heterocycles. The molecule has 142 valence electrons. The van der Waals surface area contributed by atoms with Gasteiger partial charge in [0.25, 0.3) is 0 Å². The van der Waals surface area contributed by atoms with Gasteiger partial charge in [0.2, 0.25) is 11.8 Å². The fraction of sp³-hybridized carbons (Fsp3) is 0.600. The second-order valence-corrected chi connectivity index (χ2v) is 7.68. The van der Waals surface area contributed by atoms with E-state index in [4.69, 9.17) is 0 Å². The zero-order valence-corrected chi connectivity index (χ0v) is 15.5. The number of rotatable bonds is 3. The van der Waals surface area contributed by atoms with Crippen molar-refractivity contribution >= 4 is 17.6 Å². The molecule has 1 aliphatic carbocycles. The molecule has 0 bridgehead atoms. The molecule has 7 heteroatoms. The lowest BCUT2D eigenvalue weighted by molar-refractivity contribution is -0.136. The summed E-state index contributed by atoms with van der Waals surface area (Å²) in [5.74, 6) is 0.737. The minimum atomic E-state index is -0.200. The van der Waals surface area contributed by atoms with E-state index in [0.29, 0.717) is 56.6 Å². The maximum atomic E-state index is 12.9. The number of pyridine rings is 1. The molecule has 1 unspecified atom stereocenters. The molecule has 2 aliphatic heterocycles. The third-order valence-corrected chi connectivity index (χ3v) is 6.07. The summed E-state index contributed by atoms with van der Waals surface area (Å²) in [6.45, 7) is 3.11. The summed E-state index contributed by atoms with van der Waals surface area (Å²) in [6.07, 6.45) is 6.58. The highest BCUT2D eigenvalue weighted by molar-refractivity contribution is 5.89. The first-order chi connectivity index (χ1) is 13.2. The van der Waals surface area contributed by atoms with Crippen LogP contribution in [0, 0.1) is 17.2 Å². The molecule has 27 heavy (non-hydrogen) atoms. The molecule has 7 nitrogen and oxygen atoms in total. The van der Waals surface area contributed by atoms with E-state index in [1.54, 1.807) is 18.3 Å². The lowest BCUT2D eigenvalue weighted by Gasteiger charge is -2.36. The summed E-state index contributed by atoms with van der Waals surface area (Å²) in [4.78, 5) is 35.5. The monoisotopic (exact) mass is 367 g/mol. The standard InChI is InChI=1S/C20H25N5O2/c21-13-15-4-3-7-22-19(15)23-8-10-24(11-9-23)20(27)16-12-18(26)25(14-16)17-5-1-2-6-17/h3-4,7,16-17H,1-2,5-6,8-12,14H2. The van der Waals surface area contributed by atoms with Crippen molar-refractivity contribution in [3.8, 4) is 6.07 Å². The van der Waals surface area contributed by atoms with Gasteiger partial charge in [0.15, 0.2) is 0 Å². The average Bonchev–Trinajstić information content (AvgIpc) is 3.37. The maximum Gasteiger partial charge on any atom is 0.228 e. The number of carbonyl (C=O) groups excluding carboxylic acids is 2. The number of aromatic nitrogens is 1. The highest BCUT2D eigenvalue weighted by Gasteiger charge is 2.40. The van der Waals surface area contributed by atoms with E-state index < -0.39 is 0 Å². The Balaban J connectivity index is 1.35. The molecule has 1 aromatic rings. The number of nitriles is 1. The van der Waals surface area contributed by atoms with Crippen LogP contribution in [0.3, 0.4) is 0 Å². The highest BCUT2D eigenvalue weighted by Crippen LogP contribution is 2.30. The van der Waals surface area contributed by atoms with Gasteiger partial charge in [-0.25, -0.2) is 4.98 Å². The number of hydrogen-bond donors (Lipinski definition) is 0. The van der Waals surface area contributed by atoms with E-state index in [-0.39, 0.29) is 17.7 Å². The van der Waals surface area contributed by atoms with Crippen LogP contribution in [0.5, 0.6) is 0 Å². The number of anilines is 1. The molecule has 1 atom stereocenters. The van der Waals surface area contributed by atoms with Gasteiger partial charge in [0.05, 0.1) is 11.5 Å². The van der Waals surface area contributed by atoms with Crippen LogP contribution in [0.2, 0.25) is 0 Å². The smallest absolute Gasteiger partial charge is 0.228 e. The van der Waals surface area contributed by atoms with E-state index in [2.05, 4.69) is 16.0 Å². The molecule has 3 heterocycles. The Hall–Kier alpha value is -2.62. The molecule has 0 spiro atoms. The van der Waals surface area contributed by atoms with Gasteiger partial charge in [-0.1, -0.05) is 12.8 Å². The Morgan fingerprint density at radius 1 is 1.19 bits per heavy atom. The molecule has 3 aliphatic rings. The van der Waals surface area contributed by atoms with Crippen molar-refractivity contribution < 1.29 is 9.59 Å². The molecule has 2 amide bonds. The lowest BCUT2D eigenvalue weighted by atomic mass is 10.1. The van der Waals surface area contributed by atoms with Crippen LogP contribution in [0.4, 0.5) is 5.82 Å². The molecule has 0 aromatic carbocycles. The van der Waals surface area contributed by atoms with Crippen molar-refractivity contribution in [3.05, 3.63) is 23.9 Å². The van der Waals surface area contributed by atoms with Gasteiger partial charge in [-0.2, -0.15) is 5.26 Å². The van der Waals surface area contributed by atoms with E-state index in [9.17, 15) is 14.9 Å². The zero-order valence-electron chi connectivity index (χ0n) is 15.5. The number of hydrogen-bond acceptors (Lipinski definition) is 5. The predicted octanol–water partition coefficient (Wildman–Crippen LogP) is 1.39. The van der Waals surface area contributed by atoms with Crippen molar-refractivity contribution in [1.82, 2.24) is 14.8 Å². The number of carbonyl (C=O) groups is 2. The highest BCUT2D eigenvalue weighted by atomic mass is 16.2. The predicted molar refractivity (Wildman–Crippen MR) is 99.8 cm³/mol. The van der Waals surface area contributed by atoms with Crippen LogP contribution in [0.1, 0.15) is 37.7 Å². The molecule has 0 radical (unpaired) electrons. The number of likely N-dealkylation sites (tertiary alicyclic amines) is 1. The van der Waals surface area contributed by atoms with Gasteiger partial charge >= 0.3 is 0 Å². The van der Waals surface area contributed by atoms with E-state index >= 15 is 0 Å². The SMILES string of the molecule is N#Cc1cccnc1N1CCN(C(=O)C2CC(=O)N(C3CCCC3)C2)CC1. The minimum absolute atomic E-state index is 0.102. The van der Waals surface area contributed by atoms with E-state index in [1.807, 2.05) is 9.80 Å². The van der Waals surface area contributed by atoms with Crippen LogP contribution in [0.15, 0.2) is 18.3 Å². The first-order valence-electron chi connectivity index (χ1n) is 9.85. The van der Waals surface area contributed by atoms with Crippen LogP contribution in [-0.2, 0) is 9.59 Å². The first kappa shape index (κ1) is 17.8. The third kappa shape index (κ3) is 3.48. The largest absolute Gasteiger partial charge is 0.352 e. The van der Waals surface area contributed by atoms with Gasteiger partial charge in [-0.15, -0.1) is 0 Å². The molecular formula is C20H25N5O2. The first-order valence-corrected chi connectivity index (χ1v) is 9.85. The van der Waals surface area contributed by atoms with Gasteiger partial charge in [0, 0.05) is 51.4 Å². The lowest BCUT2D eigenvalue weighted by Crippen LogP contribution is -2.51. The summed E-state index contributed by atoms with van der Waals surface area (Å²) < 4.78 is 0. The Morgan fingerprint density at radius 3 is 2.63 bits per heavy atom. The average molecular weight is 367 g/mol. The van der Waals surface area contributed by atoms with Gasteiger partial charge in [-0.3, -0.25) is 9.59 Å². The Kier molecular flexibility index (Phi) is 4.97. The number of amides is 2. The summed E-state index contributed by atoms with van der Waals surface area (Å²) in [7, 11) is 0. The molecule has 0 N–H and O–H groups in total. The van der Waals surface area contributed by atoms with Crippen molar-refractivity contribution in [2.24, 2.45) is 5.92 Å². The minimum Gasteiger partial charge on any atom is -0.352 e. The molecular weight excluding hydrogens is 342 g/mol. The second kappa shape index (κ2) is 7.55. The number of nitrogens with zero attached hydrogens (tertiary/aromatic N) is 5. The Morgan fingerprint density at radius 2 is 1.93 bits per heavy atom. The second-order valence-electron chi connectivity index (χ2n) is 7.68. The van der Waals surface area contributed by atoms with Crippen LogP contribution >= 0.6 is 0 Å². The van der Waals surface area contributed by atoms with Crippen LogP contribution < -0.4 is 4.90 Å². The van der Waals surface area contributed by atoms with Crippen LogP contribution in [-0.4, -0.2) is 65.4 Å². The topological polar surface area (TPSA) is 80.5 Å². The zero-order chi connectivity index (χ0) is 18.8. The Labute approximate surface area is 159 Å². The van der Waals surface area contributed by atoms with Gasteiger partial charge < -0.3 is 14.7 Å². The summed E-state index contributed by atoms with van der Waals surface area (Å²) in [5.41, 5.74) is 0.561. The normalized spacial score (nSPS) is 23.7. The fourth-order valence-corrected chi connectivity index (χ4v) is 4.60. The molecule has 4 rings (SSSR count). The van der Waals surface area contributed by atoms with Crippen molar-refractivity contribution in [3.63, 3.8) is 0 Å². The number of piperazine rings is 1. The third-order valence-electron chi connectivity index (χ3n) is 6.07.